The molecule has 1 saturated heterocycles. The van der Waals surface area contributed by atoms with Gasteiger partial charge in [0.05, 0.1) is 35.0 Å². The molecule has 2 aliphatic rings. The maximum Gasteiger partial charge on any atom is 0.319 e. The maximum absolute atomic E-state index is 5.45. The van der Waals surface area contributed by atoms with E-state index >= 15 is 0 Å². The zero-order chi connectivity index (χ0) is 20.0. The summed E-state index contributed by atoms with van der Waals surface area (Å²) in [5.74, 6) is 1.12. The summed E-state index contributed by atoms with van der Waals surface area (Å²) in [5.41, 5.74) is 2.96. The minimum Gasteiger partial charge on any atom is -0.480 e. The Hall–Kier alpha value is -2.25. The lowest BCUT2D eigenvalue weighted by Gasteiger charge is -2.42. The quantitative estimate of drug-likeness (QED) is 0.617. The van der Waals surface area contributed by atoms with Crippen LogP contribution in [-0.4, -0.2) is 52.7 Å². The van der Waals surface area contributed by atoms with Gasteiger partial charge in [0.1, 0.15) is 0 Å². The third-order valence-corrected chi connectivity index (χ3v) is 7.54. The first-order valence-corrected chi connectivity index (χ1v) is 11.1. The van der Waals surface area contributed by atoms with Crippen LogP contribution in [0.25, 0.3) is 21.3 Å². The van der Waals surface area contributed by atoms with Crippen LogP contribution in [0.1, 0.15) is 43.5 Å². The zero-order valence-corrected chi connectivity index (χ0v) is 17.9. The molecule has 152 valence electrons. The number of benzene rings is 1. The first-order chi connectivity index (χ1) is 14.2. The summed E-state index contributed by atoms with van der Waals surface area (Å²) >= 11 is 1.82. The van der Waals surface area contributed by atoms with Crippen molar-refractivity contribution < 1.29 is 9.47 Å². The lowest BCUT2D eigenvalue weighted by atomic mass is 9.79. The van der Waals surface area contributed by atoms with E-state index in [1.807, 2.05) is 11.3 Å². The van der Waals surface area contributed by atoms with Crippen molar-refractivity contribution in [2.45, 2.75) is 50.6 Å². The second-order valence-electron chi connectivity index (χ2n) is 8.07. The van der Waals surface area contributed by atoms with Crippen LogP contribution in [0.5, 0.6) is 11.9 Å². The fourth-order valence-corrected chi connectivity index (χ4v) is 5.78. The van der Waals surface area contributed by atoms with Crippen LogP contribution in [0.2, 0.25) is 0 Å². The number of nitrogens with zero attached hydrogens (tertiary/aromatic N) is 4. The van der Waals surface area contributed by atoms with Crippen LogP contribution < -0.4 is 9.47 Å². The molecule has 2 aromatic heterocycles. The SMILES string of the molecule is COc1ncc(-c2ccc3nc(C4CC(N5CCCC5C)C4)sc3c2)c(OC)n1. The van der Waals surface area contributed by atoms with Gasteiger partial charge in [-0.25, -0.2) is 9.97 Å². The normalized spacial score (nSPS) is 24.6. The van der Waals surface area contributed by atoms with Crippen LogP contribution in [0, 0.1) is 0 Å². The van der Waals surface area contributed by atoms with E-state index < -0.39 is 0 Å². The lowest BCUT2D eigenvalue weighted by Crippen LogP contribution is -2.45. The molecule has 29 heavy (non-hydrogen) atoms. The Balaban J connectivity index is 1.37. The van der Waals surface area contributed by atoms with Crippen LogP contribution in [-0.2, 0) is 0 Å². The molecule has 0 bridgehead atoms. The first kappa shape index (κ1) is 18.8. The van der Waals surface area contributed by atoms with E-state index in [9.17, 15) is 0 Å². The number of fused-ring (bicyclic) bond motifs is 1. The summed E-state index contributed by atoms with van der Waals surface area (Å²) in [5, 5.41) is 1.28. The Morgan fingerprint density at radius 1 is 1.14 bits per heavy atom. The minimum atomic E-state index is 0.304. The number of hydrogen-bond donors (Lipinski definition) is 0. The monoisotopic (exact) mass is 410 g/mol. The Morgan fingerprint density at radius 3 is 2.72 bits per heavy atom. The zero-order valence-electron chi connectivity index (χ0n) is 17.1. The van der Waals surface area contributed by atoms with E-state index in [-0.39, 0.29) is 0 Å². The Labute approximate surface area is 174 Å². The van der Waals surface area contributed by atoms with Crippen molar-refractivity contribution in [3.05, 3.63) is 29.4 Å². The van der Waals surface area contributed by atoms with Crippen molar-refractivity contribution in [2.24, 2.45) is 0 Å². The molecule has 1 atom stereocenters. The molecule has 3 heterocycles. The second-order valence-corrected chi connectivity index (χ2v) is 9.13. The van der Waals surface area contributed by atoms with Gasteiger partial charge >= 0.3 is 6.01 Å². The third kappa shape index (κ3) is 3.36. The van der Waals surface area contributed by atoms with Gasteiger partial charge in [-0.2, -0.15) is 4.98 Å². The predicted molar refractivity (Wildman–Crippen MR) is 115 cm³/mol. The van der Waals surface area contributed by atoms with Gasteiger partial charge in [-0.05, 0) is 56.8 Å². The molecule has 7 heteroatoms. The Bertz CT molecular complexity index is 1030. The largest absolute Gasteiger partial charge is 0.480 e. The van der Waals surface area contributed by atoms with Crippen LogP contribution in [0.4, 0.5) is 0 Å². The van der Waals surface area contributed by atoms with E-state index in [0.29, 0.717) is 17.8 Å². The molecule has 6 nitrogen and oxygen atoms in total. The van der Waals surface area contributed by atoms with E-state index in [2.05, 4.69) is 40.0 Å². The molecule has 0 amide bonds. The predicted octanol–water partition coefficient (Wildman–Crippen LogP) is 4.50. The van der Waals surface area contributed by atoms with E-state index in [4.69, 9.17) is 14.5 Å². The Kier molecular flexibility index (Phi) is 4.87. The molecule has 2 fully saturated rings. The summed E-state index contributed by atoms with van der Waals surface area (Å²) in [7, 11) is 3.16. The summed E-state index contributed by atoms with van der Waals surface area (Å²) in [4.78, 5) is 16.2. The van der Waals surface area contributed by atoms with Crippen molar-refractivity contribution in [3.8, 4) is 23.0 Å². The van der Waals surface area contributed by atoms with Gasteiger partial charge in [0, 0.05) is 24.2 Å². The average molecular weight is 411 g/mol. The van der Waals surface area contributed by atoms with Crippen molar-refractivity contribution in [3.63, 3.8) is 0 Å². The highest BCUT2D eigenvalue weighted by atomic mass is 32.1. The van der Waals surface area contributed by atoms with Gasteiger partial charge in [-0.1, -0.05) is 6.07 Å². The van der Waals surface area contributed by atoms with Crippen molar-refractivity contribution >= 4 is 21.6 Å². The maximum atomic E-state index is 5.45. The number of thiazole rings is 1. The van der Waals surface area contributed by atoms with Crippen LogP contribution in [0.15, 0.2) is 24.4 Å². The van der Waals surface area contributed by atoms with Gasteiger partial charge in [-0.3, -0.25) is 4.90 Å². The summed E-state index contributed by atoms with van der Waals surface area (Å²) in [6.45, 7) is 3.64. The third-order valence-electron chi connectivity index (χ3n) is 6.36. The molecule has 3 aromatic rings. The van der Waals surface area contributed by atoms with Crippen LogP contribution >= 0.6 is 11.3 Å². The fourth-order valence-electron chi connectivity index (χ4n) is 4.65. The number of likely N-dealkylation sites (tertiary alicyclic amines) is 1. The number of aromatic nitrogens is 3. The van der Waals surface area contributed by atoms with Gasteiger partial charge in [0.15, 0.2) is 0 Å². The number of ether oxygens (including phenoxy) is 2. The van der Waals surface area contributed by atoms with Gasteiger partial charge in [0.25, 0.3) is 0 Å². The topological polar surface area (TPSA) is 60.4 Å². The summed E-state index contributed by atoms with van der Waals surface area (Å²) in [6, 6.07) is 8.13. The molecule has 0 spiro atoms. The average Bonchev–Trinajstić information content (AvgIpc) is 3.32. The van der Waals surface area contributed by atoms with Crippen molar-refractivity contribution in [1.29, 1.82) is 0 Å². The molecular formula is C22H26N4O2S. The van der Waals surface area contributed by atoms with E-state index in [1.165, 1.54) is 41.9 Å². The molecule has 1 unspecified atom stereocenters. The smallest absolute Gasteiger partial charge is 0.319 e. The molecule has 1 aliphatic carbocycles. The standard InChI is InChI=1S/C22H26N4O2S/c1-13-5-4-8-26(13)16-9-15(10-16)21-24-18-7-6-14(11-19(18)29-21)17-12-23-22(28-3)25-20(17)27-2/h6-7,11-13,15-16H,4-5,8-10H2,1-3H3. The highest BCUT2D eigenvalue weighted by molar-refractivity contribution is 7.18. The molecule has 0 radical (unpaired) electrons. The summed E-state index contributed by atoms with van der Waals surface area (Å²) in [6.07, 6.45) is 6.95. The van der Waals surface area contributed by atoms with E-state index in [1.54, 1.807) is 20.4 Å². The highest BCUT2D eigenvalue weighted by Crippen LogP contribution is 2.44. The number of methoxy groups -OCH3 is 2. The fraction of sp³-hybridized carbons (Fsp3) is 0.500. The van der Waals surface area contributed by atoms with Crippen molar-refractivity contribution in [1.82, 2.24) is 19.9 Å². The second kappa shape index (κ2) is 7.54. The minimum absolute atomic E-state index is 0.304. The number of rotatable bonds is 5. The molecule has 5 rings (SSSR count). The van der Waals surface area contributed by atoms with Gasteiger partial charge < -0.3 is 9.47 Å². The van der Waals surface area contributed by atoms with E-state index in [0.717, 1.165) is 28.7 Å². The first-order valence-electron chi connectivity index (χ1n) is 10.3. The van der Waals surface area contributed by atoms with Crippen LogP contribution in [0.3, 0.4) is 0 Å². The van der Waals surface area contributed by atoms with Gasteiger partial charge in [0.2, 0.25) is 5.88 Å². The number of hydrogen-bond acceptors (Lipinski definition) is 7. The molecular weight excluding hydrogens is 384 g/mol. The highest BCUT2D eigenvalue weighted by Gasteiger charge is 2.39. The molecule has 1 aliphatic heterocycles. The molecule has 1 aromatic carbocycles. The molecule has 1 saturated carbocycles. The molecule has 0 N–H and O–H groups in total. The summed E-state index contributed by atoms with van der Waals surface area (Å²) < 4.78 is 11.8. The lowest BCUT2D eigenvalue weighted by molar-refractivity contribution is 0.103. The van der Waals surface area contributed by atoms with Gasteiger partial charge in [-0.15, -0.1) is 11.3 Å². The Morgan fingerprint density at radius 2 is 2.00 bits per heavy atom. The van der Waals surface area contributed by atoms with Crippen molar-refractivity contribution in [2.75, 3.05) is 20.8 Å².